The van der Waals surface area contributed by atoms with Crippen LogP contribution in [-0.4, -0.2) is 59.9 Å². The maximum atomic E-state index is 13.0. The number of hydrogen-bond donors (Lipinski definition) is 2. The number of piperidine rings is 1. The Hall–Kier alpha value is -3.59. The molecule has 4 rings (SSSR count). The van der Waals surface area contributed by atoms with E-state index < -0.39 is 5.91 Å². The van der Waals surface area contributed by atoms with E-state index in [1.807, 2.05) is 29.4 Å². The molecule has 1 aromatic rings. The highest BCUT2D eigenvalue weighted by Crippen LogP contribution is 2.36. The summed E-state index contributed by atoms with van der Waals surface area (Å²) in [7, 11) is 1.60. The molecular weight excluding hydrogens is 408 g/mol. The predicted molar refractivity (Wildman–Crippen MR) is 122 cm³/mol. The average molecular weight is 437 g/mol. The summed E-state index contributed by atoms with van der Waals surface area (Å²) in [4.78, 5) is 34.9. The van der Waals surface area contributed by atoms with Gasteiger partial charge in [0.05, 0.1) is 12.6 Å². The lowest BCUT2D eigenvalue weighted by Crippen LogP contribution is -2.58. The second kappa shape index (κ2) is 9.27. The number of carbonyl (C=O) groups is 2. The Kier molecular flexibility index (Phi) is 6.27. The van der Waals surface area contributed by atoms with E-state index in [0.717, 1.165) is 30.6 Å². The van der Waals surface area contributed by atoms with Crippen LogP contribution < -0.4 is 16.4 Å². The average Bonchev–Trinajstić information content (AvgIpc) is 3.20. The predicted octanol–water partition coefficient (Wildman–Crippen LogP) is 1.50. The van der Waals surface area contributed by atoms with E-state index in [1.54, 1.807) is 37.6 Å². The summed E-state index contributed by atoms with van der Waals surface area (Å²) in [5.74, 6) is -0.0919. The fraction of sp³-hybridized carbons (Fsp3) is 0.348. The summed E-state index contributed by atoms with van der Waals surface area (Å²) in [6.45, 7) is 1.07. The Labute approximate surface area is 187 Å². The minimum Gasteiger partial charge on any atom is -0.382 e. The second-order valence-electron chi connectivity index (χ2n) is 7.92. The second-order valence-corrected chi connectivity index (χ2v) is 7.92. The number of methoxy groups -OCH3 is 1. The van der Waals surface area contributed by atoms with E-state index in [4.69, 9.17) is 16.2 Å². The third kappa shape index (κ3) is 4.11. The summed E-state index contributed by atoms with van der Waals surface area (Å²) in [5.41, 5.74) is 13.7. The van der Waals surface area contributed by atoms with Crippen LogP contribution in [0, 0.1) is 0 Å². The number of nitrogens with two attached hydrogens (primary N) is 2. The van der Waals surface area contributed by atoms with Crippen molar-refractivity contribution in [2.45, 2.75) is 31.5 Å². The van der Waals surface area contributed by atoms with Crippen LogP contribution in [0.25, 0.3) is 0 Å². The monoisotopic (exact) mass is 436 g/mol. The van der Waals surface area contributed by atoms with E-state index in [1.165, 1.54) is 0 Å². The molecule has 2 atom stereocenters. The molecule has 4 N–H and O–H groups in total. The largest absolute Gasteiger partial charge is 0.382 e. The molecule has 9 heteroatoms. The van der Waals surface area contributed by atoms with Crippen LogP contribution in [0.3, 0.4) is 0 Å². The highest BCUT2D eigenvalue weighted by Gasteiger charge is 2.43. The highest BCUT2D eigenvalue weighted by atomic mass is 16.5. The molecule has 0 aromatic heterocycles. The molecule has 3 aliphatic heterocycles. The van der Waals surface area contributed by atoms with Crippen LogP contribution in [0.4, 0.5) is 5.69 Å². The molecule has 3 heterocycles. The van der Waals surface area contributed by atoms with Crippen LogP contribution in [0.5, 0.6) is 0 Å². The van der Waals surface area contributed by atoms with Crippen molar-refractivity contribution in [3.63, 3.8) is 0 Å². The normalized spacial score (nSPS) is 22.7. The standard InChI is InChI=1S/C23H28N6O3/c1-32-14-4-6-20(30)27-12-3-2-5-18(27)23-28-13-11-26-21(24)19(28)15-29(23)17-9-7-16(8-10-17)22(25)31/h4,6-11,13,15,18,23H,2-3,5,12,14H2,1H3,(H2,24,26)(H2,25,31)/t18?,23-/m1/s1. The fourth-order valence-corrected chi connectivity index (χ4v) is 4.45. The zero-order chi connectivity index (χ0) is 22.7. The van der Waals surface area contributed by atoms with Crippen molar-refractivity contribution in [2.24, 2.45) is 16.5 Å². The lowest BCUT2D eigenvalue weighted by molar-refractivity contribution is -0.130. The number of benzene rings is 1. The van der Waals surface area contributed by atoms with Gasteiger partial charge in [0.25, 0.3) is 0 Å². The molecule has 0 bridgehead atoms. The van der Waals surface area contributed by atoms with Gasteiger partial charge in [0.2, 0.25) is 11.8 Å². The Bertz CT molecular complexity index is 997. The van der Waals surface area contributed by atoms with Crippen molar-refractivity contribution in [3.05, 3.63) is 66.3 Å². The molecule has 3 aliphatic rings. The molecule has 32 heavy (non-hydrogen) atoms. The van der Waals surface area contributed by atoms with E-state index in [-0.39, 0.29) is 18.1 Å². The number of carbonyl (C=O) groups excluding carboxylic acids is 2. The highest BCUT2D eigenvalue weighted by molar-refractivity contribution is 5.99. The van der Waals surface area contributed by atoms with Crippen molar-refractivity contribution < 1.29 is 14.3 Å². The minimum atomic E-state index is -0.475. The van der Waals surface area contributed by atoms with Gasteiger partial charge in [-0.1, -0.05) is 6.08 Å². The Morgan fingerprint density at radius 1 is 1.22 bits per heavy atom. The van der Waals surface area contributed by atoms with Crippen molar-refractivity contribution >= 4 is 23.3 Å². The van der Waals surface area contributed by atoms with Crippen LogP contribution in [-0.2, 0) is 9.53 Å². The van der Waals surface area contributed by atoms with Gasteiger partial charge in [0.15, 0.2) is 0 Å². The van der Waals surface area contributed by atoms with E-state index in [2.05, 4.69) is 14.8 Å². The maximum absolute atomic E-state index is 13.0. The Balaban J connectivity index is 1.69. The lowest BCUT2D eigenvalue weighted by Gasteiger charge is -2.45. The van der Waals surface area contributed by atoms with Crippen molar-refractivity contribution in [1.29, 1.82) is 0 Å². The van der Waals surface area contributed by atoms with Crippen LogP contribution in [0.15, 0.2) is 65.7 Å². The number of fused-ring (bicyclic) bond motifs is 1. The van der Waals surface area contributed by atoms with Gasteiger partial charge >= 0.3 is 0 Å². The fourth-order valence-electron chi connectivity index (χ4n) is 4.45. The quantitative estimate of drug-likeness (QED) is 0.653. The molecule has 0 spiro atoms. The first kappa shape index (κ1) is 21.6. The van der Waals surface area contributed by atoms with Gasteiger partial charge in [-0.25, -0.2) is 4.99 Å². The lowest BCUT2D eigenvalue weighted by atomic mass is 9.97. The number of ether oxygens (including phenoxy) is 1. The van der Waals surface area contributed by atoms with Gasteiger partial charge in [0, 0.05) is 49.6 Å². The number of rotatable bonds is 6. The minimum absolute atomic E-state index is 0.0353. The van der Waals surface area contributed by atoms with Crippen molar-refractivity contribution in [1.82, 2.24) is 9.80 Å². The third-order valence-corrected chi connectivity index (χ3v) is 5.96. The van der Waals surface area contributed by atoms with Gasteiger partial charge in [0.1, 0.15) is 17.7 Å². The smallest absolute Gasteiger partial charge is 0.248 e. The zero-order valence-electron chi connectivity index (χ0n) is 18.1. The summed E-state index contributed by atoms with van der Waals surface area (Å²) >= 11 is 0. The third-order valence-electron chi connectivity index (χ3n) is 5.96. The molecule has 0 radical (unpaired) electrons. The van der Waals surface area contributed by atoms with Gasteiger partial charge in [-0.05, 0) is 43.5 Å². The van der Waals surface area contributed by atoms with E-state index >= 15 is 0 Å². The molecule has 168 valence electrons. The van der Waals surface area contributed by atoms with Gasteiger partial charge in [-0.15, -0.1) is 0 Å². The first-order chi connectivity index (χ1) is 15.5. The Morgan fingerprint density at radius 3 is 2.72 bits per heavy atom. The zero-order valence-corrected chi connectivity index (χ0v) is 18.1. The number of likely N-dealkylation sites (tertiary alicyclic amines) is 1. The summed E-state index contributed by atoms with van der Waals surface area (Å²) in [6.07, 6.45) is 11.5. The molecule has 0 aliphatic carbocycles. The Morgan fingerprint density at radius 2 is 2.00 bits per heavy atom. The molecule has 1 unspecified atom stereocenters. The SMILES string of the molecule is COCC=CC(=O)N1CCCCC1[C@@H]1N2C=CN=C(N)C2=CN1c1ccc(C(N)=O)cc1. The first-order valence-corrected chi connectivity index (χ1v) is 10.7. The topological polar surface area (TPSA) is 117 Å². The molecule has 9 nitrogen and oxygen atoms in total. The number of anilines is 1. The number of hydrogen-bond acceptors (Lipinski definition) is 7. The van der Waals surface area contributed by atoms with E-state index in [9.17, 15) is 9.59 Å². The number of aliphatic imine (C=N–C) groups is 1. The number of amides is 2. The van der Waals surface area contributed by atoms with Crippen LogP contribution >= 0.6 is 0 Å². The van der Waals surface area contributed by atoms with Crippen molar-refractivity contribution in [2.75, 3.05) is 25.2 Å². The molecule has 1 saturated heterocycles. The summed E-state index contributed by atoms with van der Waals surface area (Å²) in [5, 5.41) is 0. The first-order valence-electron chi connectivity index (χ1n) is 10.7. The molecular formula is C23H28N6O3. The maximum Gasteiger partial charge on any atom is 0.248 e. The molecule has 2 amide bonds. The molecule has 0 saturated carbocycles. The van der Waals surface area contributed by atoms with E-state index in [0.29, 0.717) is 24.6 Å². The number of primary amides is 1. The van der Waals surface area contributed by atoms with Crippen LogP contribution in [0.2, 0.25) is 0 Å². The van der Waals surface area contributed by atoms with Gasteiger partial charge in [-0.3, -0.25) is 9.59 Å². The summed E-state index contributed by atoms with van der Waals surface area (Å²) in [6, 6.07) is 7.04. The summed E-state index contributed by atoms with van der Waals surface area (Å²) < 4.78 is 5.04. The number of nitrogens with zero attached hydrogens (tertiary/aromatic N) is 4. The van der Waals surface area contributed by atoms with Gasteiger partial charge in [-0.2, -0.15) is 0 Å². The van der Waals surface area contributed by atoms with Crippen LogP contribution in [0.1, 0.15) is 29.6 Å². The molecule has 1 aromatic carbocycles. The number of amidine groups is 1. The van der Waals surface area contributed by atoms with Gasteiger partial charge < -0.3 is 30.9 Å². The van der Waals surface area contributed by atoms with Crippen molar-refractivity contribution in [3.8, 4) is 0 Å². The molecule has 1 fully saturated rings.